The highest BCUT2D eigenvalue weighted by atomic mass is 32.1. The maximum Gasteiger partial charge on any atom is -0.00205 e. The molecule has 0 radical (unpaired) electrons. The van der Waals surface area contributed by atoms with E-state index in [0.717, 1.165) is 0 Å². The number of thiophene rings is 1. The first-order chi connectivity index (χ1) is 9.83. The molecular formula is C19H16S. The Labute approximate surface area is 124 Å². The monoisotopic (exact) mass is 276 g/mol. The van der Waals surface area contributed by atoms with Crippen molar-refractivity contribution in [3.05, 3.63) is 93.7 Å². The van der Waals surface area contributed by atoms with Crippen molar-refractivity contribution < 1.29 is 0 Å². The summed E-state index contributed by atoms with van der Waals surface area (Å²) in [5.74, 6) is 0. The minimum atomic E-state index is 1.25. The first-order valence-electron chi connectivity index (χ1n) is 6.69. The second-order valence-corrected chi connectivity index (χ2v) is 5.63. The van der Waals surface area contributed by atoms with Crippen molar-refractivity contribution >= 4 is 23.0 Å². The lowest BCUT2D eigenvalue weighted by Gasteiger charge is -2.09. The summed E-state index contributed by atoms with van der Waals surface area (Å²) in [5.41, 5.74) is 6.32. The molecule has 0 amide bonds. The summed E-state index contributed by atoms with van der Waals surface area (Å²) in [6.07, 6.45) is 2.26. The Morgan fingerprint density at radius 2 is 1.55 bits per heavy atom. The van der Waals surface area contributed by atoms with E-state index in [1.807, 2.05) is 0 Å². The van der Waals surface area contributed by atoms with Gasteiger partial charge in [-0.15, -0.1) is 0 Å². The minimum Gasteiger partial charge on any atom is -0.152 e. The van der Waals surface area contributed by atoms with Gasteiger partial charge in [-0.3, -0.25) is 0 Å². The summed E-state index contributed by atoms with van der Waals surface area (Å²) in [7, 11) is 0. The van der Waals surface area contributed by atoms with Gasteiger partial charge in [-0.2, -0.15) is 11.3 Å². The van der Waals surface area contributed by atoms with Crippen molar-refractivity contribution in [2.75, 3.05) is 0 Å². The van der Waals surface area contributed by atoms with E-state index < -0.39 is 0 Å². The van der Waals surface area contributed by atoms with E-state index in [9.17, 15) is 0 Å². The molecule has 0 unspecified atom stereocenters. The van der Waals surface area contributed by atoms with Crippen molar-refractivity contribution in [3.8, 4) is 0 Å². The molecule has 0 saturated carbocycles. The quantitative estimate of drug-likeness (QED) is 0.580. The van der Waals surface area contributed by atoms with Gasteiger partial charge < -0.3 is 0 Å². The fourth-order valence-corrected chi connectivity index (χ4v) is 2.83. The Morgan fingerprint density at radius 1 is 0.850 bits per heavy atom. The van der Waals surface area contributed by atoms with Gasteiger partial charge in [-0.1, -0.05) is 60.2 Å². The topological polar surface area (TPSA) is 0 Å². The molecule has 0 bridgehead atoms. The lowest BCUT2D eigenvalue weighted by Crippen LogP contribution is -1.88. The van der Waals surface area contributed by atoms with Gasteiger partial charge in [0.25, 0.3) is 0 Å². The zero-order valence-corrected chi connectivity index (χ0v) is 12.2. The maximum absolute atomic E-state index is 2.26. The summed E-state index contributed by atoms with van der Waals surface area (Å²) in [5, 5.41) is 4.29. The first-order valence-corrected chi connectivity index (χ1v) is 7.63. The average Bonchev–Trinajstić information content (AvgIpc) is 3.00. The molecule has 20 heavy (non-hydrogen) atoms. The van der Waals surface area contributed by atoms with Gasteiger partial charge in [0.15, 0.2) is 0 Å². The van der Waals surface area contributed by atoms with E-state index >= 15 is 0 Å². The first kappa shape index (κ1) is 12.9. The lowest BCUT2D eigenvalue weighted by molar-refractivity contribution is 1.45. The minimum absolute atomic E-state index is 1.25. The SMILES string of the molecule is Cc1ccc(/C(=C/c2ccsc2)c2ccccc2)cc1. The molecule has 0 N–H and O–H groups in total. The predicted octanol–water partition coefficient (Wildman–Crippen LogP) is 5.65. The van der Waals surface area contributed by atoms with E-state index in [0.29, 0.717) is 0 Å². The molecule has 3 rings (SSSR count). The third-order valence-corrected chi connectivity index (χ3v) is 4.00. The van der Waals surface area contributed by atoms with Gasteiger partial charge in [0.1, 0.15) is 0 Å². The van der Waals surface area contributed by atoms with Crippen molar-refractivity contribution in [1.29, 1.82) is 0 Å². The zero-order chi connectivity index (χ0) is 13.8. The van der Waals surface area contributed by atoms with Crippen LogP contribution in [0.1, 0.15) is 22.3 Å². The molecule has 0 aliphatic rings. The zero-order valence-electron chi connectivity index (χ0n) is 11.4. The van der Waals surface area contributed by atoms with E-state index in [-0.39, 0.29) is 0 Å². The number of aryl methyl sites for hydroxylation is 1. The van der Waals surface area contributed by atoms with Crippen molar-refractivity contribution in [1.82, 2.24) is 0 Å². The highest BCUT2D eigenvalue weighted by molar-refractivity contribution is 7.08. The maximum atomic E-state index is 2.26. The summed E-state index contributed by atoms with van der Waals surface area (Å²) in [6, 6.07) is 21.4. The standard InChI is InChI=1S/C19H16S/c1-15-7-9-18(10-8-15)19(13-16-11-12-20-14-16)17-5-3-2-4-6-17/h2-14H,1H3/b19-13+. The molecular weight excluding hydrogens is 260 g/mol. The number of rotatable bonds is 3. The molecule has 1 aromatic heterocycles. The Morgan fingerprint density at radius 3 is 2.20 bits per heavy atom. The van der Waals surface area contributed by atoms with Crippen molar-refractivity contribution in [3.63, 3.8) is 0 Å². The number of benzene rings is 2. The van der Waals surface area contributed by atoms with Gasteiger partial charge in [0, 0.05) is 0 Å². The molecule has 0 nitrogen and oxygen atoms in total. The second kappa shape index (κ2) is 5.89. The third-order valence-electron chi connectivity index (χ3n) is 3.30. The summed E-state index contributed by atoms with van der Waals surface area (Å²) >= 11 is 1.73. The summed E-state index contributed by atoms with van der Waals surface area (Å²) < 4.78 is 0. The van der Waals surface area contributed by atoms with Gasteiger partial charge in [-0.05, 0) is 52.1 Å². The highest BCUT2D eigenvalue weighted by Gasteiger charge is 2.05. The molecule has 0 spiro atoms. The fraction of sp³-hybridized carbons (Fsp3) is 0.0526. The van der Waals surface area contributed by atoms with Gasteiger partial charge >= 0.3 is 0 Å². The van der Waals surface area contributed by atoms with Crippen LogP contribution in [0.2, 0.25) is 0 Å². The van der Waals surface area contributed by atoms with Crippen LogP contribution < -0.4 is 0 Å². The molecule has 1 heterocycles. The van der Waals surface area contributed by atoms with Crippen LogP contribution in [0.4, 0.5) is 0 Å². The van der Waals surface area contributed by atoms with Crippen LogP contribution in [-0.4, -0.2) is 0 Å². The van der Waals surface area contributed by atoms with Crippen LogP contribution in [0.15, 0.2) is 71.4 Å². The Hall–Kier alpha value is -2.12. The summed E-state index contributed by atoms with van der Waals surface area (Å²) in [6.45, 7) is 2.12. The predicted molar refractivity (Wildman–Crippen MR) is 88.9 cm³/mol. The number of hydrogen-bond donors (Lipinski definition) is 0. The van der Waals surface area contributed by atoms with Crippen molar-refractivity contribution in [2.24, 2.45) is 0 Å². The molecule has 0 aliphatic carbocycles. The van der Waals surface area contributed by atoms with Crippen LogP contribution in [0.5, 0.6) is 0 Å². The van der Waals surface area contributed by atoms with E-state index in [1.165, 1.54) is 27.8 Å². The highest BCUT2D eigenvalue weighted by Crippen LogP contribution is 2.26. The van der Waals surface area contributed by atoms with Crippen molar-refractivity contribution in [2.45, 2.75) is 6.92 Å². The van der Waals surface area contributed by atoms with E-state index in [2.05, 4.69) is 84.4 Å². The molecule has 98 valence electrons. The van der Waals surface area contributed by atoms with E-state index in [4.69, 9.17) is 0 Å². The molecule has 1 heteroatoms. The molecule has 0 atom stereocenters. The third kappa shape index (κ3) is 2.89. The van der Waals surface area contributed by atoms with Crippen LogP contribution in [0.25, 0.3) is 11.6 Å². The van der Waals surface area contributed by atoms with Gasteiger partial charge in [-0.25, -0.2) is 0 Å². The molecule has 3 aromatic rings. The smallest absolute Gasteiger partial charge is 0.00205 e. The number of hydrogen-bond acceptors (Lipinski definition) is 1. The molecule has 2 aromatic carbocycles. The Bertz CT molecular complexity index is 689. The Balaban J connectivity index is 2.11. The van der Waals surface area contributed by atoms with Crippen LogP contribution in [-0.2, 0) is 0 Å². The molecule has 0 fully saturated rings. The van der Waals surface area contributed by atoms with Crippen LogP contribution in [0, 0.1) is 6.92 Å². The normalized spacial score (nSPS) is 11.6. The van der Waals surface area contributed by atoms with Gasteiger partial charge in [0.2, 0.25) is 0 Å². The second-order valence-electron chi connectivity index (χ2n) is 4.85. The average molecular weight is 276 g/mol. The molecule has 0 saturated heterocycles. The summed E-state index contributed by atoms with van der Waals surface area (Å²) in [4.78, 5) is 0. The lowest BCUT2D eigenvalue weighted by atomic mass is 9.96. The van der Waals surface area contributed by atoms with Gasteiger partial charge in [0.05, 0.1) is 0 Å². The fourth-order valence-electron chi connectivity index (χ4n) is 2.21. The van der Waals surface area contributed by atoms with Crippen LogP contribution >= 0.6 is 11.3 Å². The molecule has 0 aliphatic heterocycles. The van der Waals surface area contributed by atoms with Crippen LogP contribution in [0.3, 0.4) is 0 Å². The van der Waals surface area contributed by atoms with E-state index in [1.54, 1.807) is 11.3 Å². The Kier molecular flexibility index (Phi) is 3.80. The largest absolute Gasteiger partial charge is 0.152 e.